The summed E-state index contributed by atoms with van der Waals surface area (Å²) in [5.74, 6) is 0.237. The fourth-order valence-corrected chi connectivity index (χ4v) is 2.56. The molecule has 0 aromatic rings. The first-order chi connectivity index (χ1) is 9.15. The van der Waals surface area contributed by atoms with Gasteiger partial charge >= 0.3 is 0 Å². The highest BCUT2D eigenvalue weighted by atomic mass is 16.3. The smallest absolute Gasteiger partial charge is 0.228 e. The third kappa shape index (κ3) is 3.67. The van der Waals surface area contributed by atoms with Crippen LogP contribution in [-0.2, 0) is 9.59 Å². The zero-order valence-electron chi connectivity index (χ0n) is 11.1. The molecule has 2 amide bonds. The molecular formula is C13H22N2O4. The van der Waals surface area contributed by atoms with E-state index in [-0.39, 0.29) is 50.5 Å². The molecule has 108 valence electrons. The average Bonchev–Trinajstić information content (AvgIpc) is 3.12. The first kappa shape index (κ1) is 14.3. The van der Waals surface area contributed by atoms with Crippen LogP contribution in [0.2, 0.25) is 0 Å². The summed E-state index contributed by atoms with van der Waals surface area (Å²) in [5.41, 5.74) is 0. The molecule has 0 radical (unpaired) electrons. The van der Waals surface area contributed by atoms with Gasteiger partial charge in [0.1, 0.15) is 0 Å². The summed E-state index contributed by atoms with van der Waals surface area (Å²) >= 11 is 0. The zero-order valence-corrected chi connectivity index (χ0v) is 11.1. The molecule has 0 aromatic heterocycles. The fraction of sp³-hybridized carbons (Fsp3) is 0.846. The van der Waals surface area contributed by atoms with Gasteiger partial charge in [-0.1, -0.05) is 0 Å². The Labute approximate surface area is 113 Å². The van der Waals surface area contributed by atoms with E-state index in [1.54, 1.807) is 4.90 Å². The number of rotatable bonds is 7. The first-order valence-electron chi connectivity index (χ1n) is 6.94. The molecule has 0 aromatic carbocycles. The van der Waals surface area contributed by atoms with Gasteiger partial charge in [-0.3, -0.25) is 9.59 Å². The molecule has 2 aliphatic rings. The first-order valence-corrected chi connectivity index (χ1v) is 6.94. The van der Waals surface area contributed by atoms with Crippen LogP contribution >= 0.6 is 0 Å². The third-order valence-corrected chi connectivity index (χ3v) is 3.79. The second-order valence-electron chi connectivity index (χ2n) is 5.42. The van der Waals surface area contributed by atoms with Gasteiger partial charge < -0.3 is 20.0 Å². The summed E-state index contributed by atoms with van der Waals surface area (Å²) in [6, 6.07) is 0. The molecule has 19 heavy (non-hydrogen) atoms. The van der Waals surface area contributed by atoms with Gasteiger partial charge in [0.05, 0.1) is 19.1 Å². The normalized spacial score (nSPS) is 22.9. The van der Waals surface area contributed by atoms with Crippen LogP contribution in [0.5, 0.6) is 0 Å². The second kappa shape index (κ2) is 6.34. The van der Waals surface area contributed by atoms with E-state index in [1.165, 1.54) is 17.7 Å². The molecule has 0 spiro atoms. The Kier molecular flexibility index (Phi) is 4.76. The number of aliphatic hydroxyl groups excluding tert-OH is 2. The predicted molar refractivity (Wildman–Crippen MR) is 68.2 cm³/mol. The van der Waals surface area contributed by atoms with Crippen LogP contribution in [0.15, 0.2) is 0 Å². The number of amides is 2. The van der Waals surface area contributed by atoms with Gasteiger partial charge in [-0.05, 0) is 18.8 Å². The van der Waals surface area contributed by atoms with Crippen LogP contribution < -0.4 is 0 Å². The molecule has 2 N–H and O–H groups in total. The Morgan fingerprint density at radius 3 is 2.42 bits per heavy atom. The van der Waals surface area contributed by atoms with Gasteiger partial charge in [-0.15, -0.1) is 0 Å². The maximum atomic E-state index is 12.2. The Morgan fingerprint density at radius 2 is 1.89 bits per heavy atom. The number of carbonyl (C=O) groups excluding carboxylic acids is 2. The van der Waals surface area contributed by atoms with E-state index in [9.17, 15) is 9.59 Å². The van der Waals surface area contributed by atoms with Crippen molar-refractivity contribution in [3.05, 3.63) is 0 Å². The SMILES string of the molecule is O=C1CC(C(=O)N(CCO)CCO)CN1CC1CC1. The molecule has 1 atom stereocenters. The highest BCUT2D eigenvalue weighted by Crippen LogP contribution is 2.32. The number of aliphatic hydroxyl groups is 2. The van der Waals surface area contributed by atoms with Crippen LogP contribution in [0.3, 0.4) is 0 Å². The second-order valence-corrected chi connectivity index (χ2v) is 5.42. The molecule has 6 nitrogen and oxygen atoms in total. The van der Waals surface area contributed by atoms with E-state index < -0.39 is 0 Å². The number of hydrogen-bond acceptors (Lipinski definition) is 4. The van der Waals surface area contributed by atoms with Crippen molar-refractivity contribution in [2.75, 3.05) is 39.4 Å². The summed E-state index contributed by atoms with van der Waals surface area (Å²) in [5, 5.41) is 17.9. The number of carbonyl (C=O) groups is 2. The van der Waals surface area contributed by atoms with E-state index in [4.69, 9.17) is 10.2 Å². The average molecular weight is 270 g/mol. The van der Waals surface area contributed by atoms with Crippen LogP contribution in [0.1, 0.15) is 19.3 Å². The van der Waals surface area contributed by atoms with Crippen LogP contribution in [0, 0.1) is 11.8 Å². The summed E-state index contributed by atoms with van der Waals surface area (Å²) in [7, 11) is 0. The van der Waals surface area contributed by atoms with Crippen molar-refractivity contribution in [2.24, 2.45) is 11.8 Å². The minimum Gasteiger partial charge on any atom is -0.395 e. The van der Waals surface area contributed by atoms with Gasteiger partial charge in [-0.2, -0.15) is 0 Å². The molecule has 1 aliphatic heterocycles. The zero-order chi connectivity index (χ0) is 13.8. The maximum Gasteiger partial charge on any atom is 0.228 e. The summed E-state index contributed by atoms with van der Waals surface area (Å²) in [6.07, 6.45) is 2.63. The van der Waals surface area contributed by atoms with Crippen molar-refractivity contribution in [1.29, 1.82) is 0 Å². The number of nitrogens with zero attached hydrogens (tertiary/aromatic N) is 2. The highest BCUT2D eigenvalue weighted by molar-refractivity contribution is 5.89. The molecule has 1 aliphatic carbocycles. The van der Waals surface area contributed by atoms with Crippen molar-refractivity contribution in [3.63, 3.8) is 0 Å². The van der Waals surface area contributed by atoms with E-state index >= 15 is 0 Å². The largest absolute Gasteiger partial charge is 0.395 e. The van der Waals surface area contributed by atoms with Crippen LogP contribution in [0.25, 0.3) is 0 Å². The van der Waals surface area contributed by atoms with Crippen molar-refractivity contribution < 1.29 is 19.8 Å². The maximum absolute atomic E-state index is 12.2. The Bertz CT molecular complexity index is 338. The van der Waals surface area contributed by atoms with Crippen LogP contribution in [0.4, 0.5) is 0 Å². The molecule has 1 saturated carbocycles. The Hall–Kier alpha value is -1.14. The molecule has 1 saturated heterocycles. The molecule has 1 unspecified atom stereocenters. The monoisotopic (exact) mass is 270 g/mol. The Morgan fingerprint density at radius 1 is 1.26 bits per heavy atom. The van der Waals surface area contributed by atoms with Gasteiger partial charge in [0.15, 0.2) is 0 Å². The minimum absolute atomic E-state index is 0.0539. The lowest BCUT2D eigenvalue weighted by atomic mass is 10.1. The van der Waals surface area contributed by atoms with E-state index in [0.29, 0.717) is 12.5 Å². The van der Waals surface area contributed by atoms with Gasteiger partial charge in [0.25, 0.3) is 0 Å². The lowest BCUT2D eigenvalue weighted by Gasteiger charge is -2.24. The van der Waals surface area contributed by atoms with Gasteiger partial charge in [0.2, 0.25) is 11.8 Å². The summed E-state index contributed by atoms with van der Waals surface area (Å²) in [4.78, 5) is 27.3. The summed E-state index contributed by atoms with van der Waals surface area (Å²) < 4.78 is 0. The molecule has 2 rings (SSSR count). The fourth-order valence-electron chi connectivity index (χ4n) is 2.56. The van der Waals surface area contributed by atoms with E-state index in [0.717, 1.165) is 6.54 Å². The molecule has 6 heteroatoms. The number of likely N-dealkylation sites (tertiary alicyclic amines) is 1. The Balaban J connectivity index is 1.89. The minimum atomic E-state index is -0.315. The molecule has 0 bridgehead atoms. The lowest BCUT2D eigenvalue weighted by molar-refractivity contribution is -0.136. The molecular weight excluding hydrogens is 248 g/mol. The van der Waals surface area contributed by atoms with Crippen LogP contribution in [-0.4, -0.2) is 71.2 Å². The van der Waals surface area contributed by atoms with Crippen molar-refractivity contribution >= 4 is 11.8 Å². The molecule has 1 heterocycles. The summed E-state index contributed by atoms with van der Waals surface area (Å²) in [6.45, 7) is 1.44. The number of hydrogen-bond donors (Lipinski definition) is 2. The quantitative estimate of drug-likeness (QED) is 0.625. The third-order valence-electron chi connectivity index (χ3n) is 3.79. The van der Waals surface area contributed by atoms with E-state index in [2.05, 4.69) is 0 Å². The van der Waals surface area contributed by atoms with Crippen molar-refractivity contribution in [1.82, 2.24) is 9.80 Å². The van der Waals surface area contributed by atoms with Crippen molar-refractivity contribution in [2.45, 2.75) is 19.3 Å². The predicted octanol–water partition coefficient (Wildman–Crippen LogP) is -0.942. The van der Waals surface area contributed by atoms with Gasteiger partial charge in [0, 0.05) is 32.6 Å². The molecule has 2 fully saturated rings. The van der Waals surface area contributed by atoms with Crippen molar-refractivity contribution in [3.8, 4) is 0 Å². The topological polar surface area (TPSA) is 81.1 Å². The highest BCUT2D eigenvalue weighted by Gasteiger charge is 2.38. The lowest BCUT2D eigenvalue weighted by Crippen LogP contribution is -2.40. The standard InChI is InChI=1S/C13H22N2O4/c16-5-3-14(4-6-17)13(19)11-7-12(18)15(9-11)8-10-1-2-10/h10-11,16-17H,1-9H2. The van der Waals surface area contributed by atoms with Gasteiger partial charge in [-0.25, -0.2) is 0 Å². The van der Waals surface area contributed by atoms with E-state index in [1.807, 2.05) is 0 Å².